The Morgan fingerprint density at radius 2 is 1.76 bits per heavy atom. The predicted octanol–water partition coefficient (Wildman–Crippen LogP) is 4.87. The summed E-state index contributed by atoms with van der Waals surface area (Å²) in [5.74, 6) is -0.0438. The van der Waals surface area contributed by atoms with E-state index < -0.39 is 11.9 Å². The summed E-state index contributed by atoms with van der Waals surface area (Å²) in [4.78, 5) is 39.2. The van der Waals surface area contributed by atoms with Crippen molar-refractivity contribution in [1.82, 2.24) is 0 Å². The van der Waals surface area contributed by atoms with Gasteiger partial charge in [0, 0.05) is 22.6 Å². The Hall–Kier alpha value is -4.85. The first-order valence-corrected chi connectivity index (χ1v) is 11.5. The number of rotatable bonds is 4. The van der Waals surface area contributed by atoms with E-state index in [0.29, 0.717) is 39.2 Å². The Balaban J connectivity index is 1.49. The molecule has 0 spiro atoms. The predicted molar refractivity (Wildman–Crippen MR) is 134 cm³/mol. The third-order valence-corrected chi connectivity index (χ3v) is 6.58. The molecule has 0 fully saturated rings. The molecule has 8 heteroatoms. The van der Waals surface area contributed by atoms with Crippen molar-refractivity contribution >= 4 is 28.8 Å². The maximum absolute atomic E-state index is 13.4. The van der Waals surface area contributed by atoms with Gasteiger partial charge in [-0.1, -0.05) is 24.3 Å². The Kier molecular flexibility index (Phi) is 5.30. The molecule has 3 aromatic carbocycles. The number of fused-ring (bicyclic) bond motifs is 4. The van der Waals surface area contributed by atoms with Gasteiger partial charge < -0.3 is 23.4 Å². The molecule has 4 aromatic rings. The number of carbonyl (C=O) groups is 2. The van der Waals surface area contributed by atoms with Crippen LogP contribution in [0.5, 0.6) is 23.0 Å². The maximum Gasteiger partial charge on any atom is 0.312 e. The van der Waals surface area contributed by atoms with Gasteiger partial charge in [0.1, 0.15) is 17.1 Å². The van der Waals surface area contributed by atoms with Gasteiger partial charge in [0.15, 0.2) is 22.7 Å². The first kappa shape index (κ1) is 22.6. The van der Waals surface area contributed by atoms with Gasteiger partial charge in [-0.2, -0.15) is 0 Å². The highest BCUT2D eigenvalue weighted by Gasteiger charge is 2.39. The van der Waals surface area contributed by atoms with Crippen molar-refractivity contribution in [1.29, 1.82) is 0 Å². The molecule has 0 amide bonds. The molecule has 0 aliphatic carbocycles. The minimum atomic E-state index is -0.717. The number of para-hydroxylation sites is 2. The molecule has 1 aromatic heterocycles. The maximum atomic E-state index is 13.4. The van der Waals surface area contributed by atoms with E-state index in [0.717, 1.165) is 0 Å². The second-order valence-electron chi connectivity index (χ2n) is 8.62. The van der Waals surface area contributed by atoms with E-state index >= 15 is 0 Å². The van der Waals surface area contributed by atoms with E-state index in [1.807, 2.05) is 0 Å². The highest BCUT2D eigenvalue weighted by Crippen LogP contribution is 2.49. The van der Waals surface area contributed by atoms with Crippen LogP contribution in [0, 0.1) is 0 Å². The topological polar surface area (TPSA) is 101 Å². The van der Waals surface area contributed by atoms with E-state index in [1.165, 1.54) is 20.5 Å². The number of carbonyl (C=O) groups excluding carboxylic acids is 2. The summed E-state index contributed by atoms with van der Waals surface area (Å²) in [7, 11) is 3.04. The lowest BCUT2D eigenvalue weighted by atomic mass is 9.85. The van der Waals surface area contributed by atoms with E-state index in [2.05, 4.69) is 0 Å². The van der Waals surface area contributed by atoms with Gasteiger partial charge in [-0.15, -0.1) is 0 Å². The Morgan fingerprint density at radius 1 is 0.919 bits per heavy atom. The molecular formula is C29H20O8. The number of ether oxygens (including phenoxy) is 4. The molecule has 0 saturated heterocycles. The normalized spacial score (nSPS) is 17.2. The highest BCUT2D eigenvalue weighted by molar-refractivity contribution is 6.15. The summed E-state index contributed by atoms with van der Waals surface area (Å²) in [6.07, 6.45) is 2.84. The molecule has 0 saturated carbocycles. The van der Waals surface area contributed by atoms with Gasteiger partial charge in [-0.3, -0.25) is 14.4 Å². The van der Waals surface area contributed by atoms with E-state index in [4.69, 9.17) is 23.4 Å². The third kappa shape index (κ3) is 3.57. The number of Topliss-reactive ketones (excluding diaryl/α,β-unsaturated/α-hetero) is 1. The lowest BCUT2D eigenvalue weighted by molar-refractivity contribution is -0.135. The SMILES string of the molecule is COc1cccc(/C=C2\Oc3c(ccc4c3C(c3coc5ccccc5c3=O)CC(=O)O4)C2=O)c1OC. The van der Waals surface area contributed by atoms with Crippen LogP contribution in [0.4, 0.5) is 0 Å². The third-order valence-electron chi connectivity index (χ3n) is 6.58. The van der Waals surface area contributed by atoms with Gasteiger partial charge >= 0.3 is 5.97 Å². The average molecular weight is 496 g/mol. The Labute approximate surface area is 210 Å². The molecule has 1 unspecified atom stereocenters. The molecule has 8 nitrogen and oxygen atoms in total. The average Bonchev–Trinajstić information content (AvgIpc) is 3.23. The van der Waals surface area contributed by atoms with Crippen molar-refractivity contribution < 1.29 is 33.0 Å². The van der Waals surface area contributed by atoms with Crippen LogP contribution >= 0.6 is 0 Å². The number of esters is 1. The summed E-state index contributed by atoms with van der Waals surface area (Å²) in [5.41, 5.74) is 1.82. The van der Waals surface area contributed by atoms with Crippen LogP contribution < -0.4 is 24.4 Å². The van der Waals surface area contributed by atoms with Crippen molar-refractivity contribution in [3.05, 3.63) is 99.1 Å². The highest BCUT2D eigenvalue weighted by atomic mass is 16.5. The molecule has 0 radical (unpaired) electrons. The van der Waals surface area contributed by atoms with Crippen molar-refractivity contribution in [3.63, 3.8) is 0 Å². The fourth-order valence-electron chi connectivity index (χ4n) is 4.87. The van der Waals surface area contributed by atoms with Crippen LogP contribution in [-0.4, -0.2) is 26.0 Å². The minimum Gasteiger partial charge on any atom is -0.493 e. The van der Waals surface area contributed by atoms with Gasteiger partial charge in [-0.25, -0.2) is 0 Å². The molecule has 2 aliphatic rings. The summed E-state index contributed by atoms with van der Waals surface area (Å²) < 4.78 is 28.1. The Bertz CT molecular complexity index is 1690. The van der Waals surface area contributed by atoms with Crippen LogP contribution in [0.25, 0.3) is 17.0 Å². The molecule has 37 heavy (non-hydrogen) atoms. The zero-order chi connectivity index (χ0) is 25.7. The number of allylic oxidation sites excluding steroid dienone is 1. The standard InChI is InChI=1S/C29H20O8/c1-33-22-9-5-6-15(28(22)34-2)12-23-27(32)17-10-11-21-25(29(17)37-23)18(13-24(30)36-21)19-14-35-20-8-4-3-7-16(20)26(19)31/h3-12,14,18H,13H2,1-2H3/b23-12-. The molecule has 184 valence electrons. The van der Waals surface area contributed by atoms with E-state index in [9.17, 15) is 14.4 Å². The first-order valence-electron chi connectivity index (χ1n) is 11.5. The summed E-state index contributed by atoms with van der Waals surface area (Å²) in [6, 6.07) is 15.3. The smallest absolute Gasteiger partial charge is 0.312 e. The van der Waals surface area contributed by atoms with Crippen LogP contribution in [0.15, 0.2) is 75.8 Å². The zero-order valence-corrected chi connectivity index (χ0v) is 19.9. The van der Waals surface area contributed by atoms with Crippen molar-refractivity contribution in [3.8, 4) is 23.0 Å². The van der Waals surface area contributed by atoms with E-state index in [1.54, 1.807) is 60.7 Å². The number of benzene rings is 3. The van der Waals surface area contributed by atoms with Crippen molar-refractivity contribution in [2.75, 3.05) is 14.2 Å². The van der Waals surface area contributed by atoms with Gasteiger partial charge in [0.2, 0.25) is 5.78 Å². The molecule has 0 bridgehead atoms. The number of hydrogen-bond donors (Lipinski definition) is 0. The molecule has 1 atom stereocenters. The Morgan fingerprint density at radius 3 is 2.57 bits per heavy atom. The quantitative estimate of drug-likeness (QED) is 0.224. The largest absolute Gasteiger partial charge is 0.493 e. The lowest BCUT2D eigenvalue weighted by Crippen LogP contribution is -2.25. The zero-order valence-electron chi connectivity index (χ0n) is 19.9. The van der Waals surface area contributed by atoms with E-state index in [-0.39, 0.29) is 40.5 Å². The fraction of sp³-hybridized carbons (Fsp3) is 0.138. The molecule has 3 heterocycles. The lowest BCUT2D eigenvalue weighted by Gasteiger charge is -2.25. The molecule has 2 aliphatic heterocycles. The van der Waals surface area contributed by atoms with Gasteiger partial charge in [0.05, 0.1) is 37.9 Å². The molecular weight excluding hydrogens is 476 g/mol. The summed E-state index contributed by atoms with van der Waals surface area (Å²) >= 11 is 0. The summed E-state index contributed by atoms with van der Waals surface area (Å²) in [6.45, 7) is 0. The summed E-state index contributed by atoms with van der Waals surface area (Å²) in [5, 5.41) is 0.399. The number of ketones is 1. The number of hydrogen-bond acceptors (Lipinski definition) is 8. The minimum absolute atomic E-state index is 0.0659. The van der Waals surface area contributed by atoms with Crippen molar-refractivity contribution in [2.45, 2.75) is 12.3 Å². The van der Waals surface area contributed by atoms with Crippen LogP contribution in [-0.2, 0) is 4.79 Å². The number of methoxy groups -OCH3 is 2. The second-order valence-corrected chi connectivity index (χ2v) is 8.62. The van der Waals surface area contributed by atoms with Crippen LogP contribution in [0.2, 0.25) is 0 Å². The van der Waals surface area contributed by atoms with Crippen molar-refractivity contribution in [2.24, 2.45) is 0 Å². The van der Waals surface area contributed by atoms with Crippen LogP contribution in [0.3, 0.4) is 0 Å². The molecule has 0 N–H and O–H groups in total. The van der Waals surface area contributed by atoms with Gasteiger partial charge in [-0.05, 0) is 36.4 Å². The second kappa shape index (κ2) is 8.67. The monoisotopic (exact) mass is 496 g/mol. The molecule has 6 rings (SSSR count). The van der Waals surface area contributed by atoms with Gasteiger partial charge in [0.25, 0.3) is 0 Å². The first-order chi connectivity index (χ1) is 18.0. The fourth-order valence-corrected chi connectivity index (χ4v) is 4.87. The van der Waals surface area contributed by atoms with Crippen LogP contribution in [0.1, 0.15) is 39.4 Å².